The zero-order valence-electron chi connectivity index (χ0n) is 48.5. The molecule has 0 saturated carbocycles. The average Bonchev–Trinajstić information content (AvgIpc) is 3.41. The Balaban J connectivity index is 4.44. The van der Waals surface area contributed by atoms with Gasteiger partial charge in [-0.15, -0.1) is 0 Å². The molecule has 6 nitrogen and oxygen atoms in total. The highest BCUT2D eigenvalue weighted by Gasteiger charge is 2.19. The van der Waals surface area contributed by atoms with E-state index >= 15 is 0 Å². The third kappa shape index (κ3) is 60.3. The smallest absolute Gasteiger partial charge is 0.306 e. The van der Waals surface area contributed by atoms with E-state index in [4.69, 9.17) is 14.2 Å². The summed E-state index contributed by atoms with van der Waals surface area (Å²) < 4.78 is 16.8. The molecule has 0 amide bonds. The fourth-order valence-electron chi connectivity index (χ4n) is 8.02. The van der Waals surface area contributed by atoms with Crippen LogP contribution in [-0.4, -0.2) is 37.2 Å². The first-order chi connectivity index (χ1) is 37.0. The van der Waals surface area contributed by atoms with Crippen molar-refractivity contribution in [2.24, 2.45) is 0 Å². The summed E-state index contributed by atoms with van der Waals surface area (Å²) in [6.07, 6.45) is 87.4. The maximum atomic E-state index is 12.9. The fourth-order valence-corrected chi connectivity index (χ4v) is 8.02. The van der Waals surface area contributed by atoms with Crippen molar-refractivity contribution >= 4 is 17.9 Å². The van der Waals surface area contributed by atoms with Gasteiger partial charge in [0.15, 0.2) is 6.10 Å². The zero-order valence-corrected chi connectivity index (χ0v) is 48.5. The van der Waals surface area contributed by atoms with Gasteiger partial charge in [-0.1, -0.05) is 244 Å². The van der Waals surface area contributed by atoms with E-state index in [-0.39, 0.29) is 37.5 Å². The van der Waals surface area contributed by atoms with Gasteiger partial charge in [0.25, 0.3) is 0 Å². The van der Waals surface area contributed by atoms with Gasteiger partial charge in [-0.05, 0) is 135 Å². The third-order valence-electron chi connectivity index (χ3n) is 12.6. The predicted octanol–water partition coefficient (Wildman–Crippen LogP) is 21.0. The molecular formula is C69H112O6. The minimum Gasteiger partial charge on any atom is -0.462 e. The van der Waals surface area contributed by atoms with Crippen molar-refractivity contribution in [3.8, 4) is 0 Å². The van der Waals surface area contributed by atoms with Crippen LogP contribution < -0.4 is 0 Å². The highest BCUT2D eigenvalue weighted by Crippen LogP contribution is 2.14. The van der Waals surface area contributed by atoms with Crippen LogP contribution in [0.3, 0.4) is 0 Å². The SMILES string of the molecule is CC/C=C\C/C=C\C/C=C\C/C=C\C/C=C\C/C=C\C/C=C\C/C=C\C/C=C\CCCC(=O)OCC(COC(=O)CCCCCCC/C=C\CCCCC)OC(=O)CCCCCCC/C=C\CCCCCCCCC. The molecule has 0 aromatic rings. The Morgan fingerprint density at radius 2 is 0.533 bits per heavy atom. The molecule has 75 heavy (non-hydrogen) atoms. The van der Waals surface area contributed by atoms with Crippen LogP contribution in [0.15, 0.2) is 134 Å². The molecule has 0 aliphatic rings. The molecule has 0 aliphatic carbocycles. The largest absolute Gasteiger partial charge is 0.462 e. The summed E-state index contributed by atoms with van der Waals surface area (Å²) in [6.45, 7) is 6.43. The molecule has 0 heterocycles. The van der Waals surface area contributed by atoms with E-state index < -0.39 is 6.10 Å². The first kappa shape index (κ1) is 70.5. The molecule has 0 N–H and O–H groups in total. The van der Waals surface area contributed by atoms with Gasteiger partial charge in [0, 0.05) is 19.3 Å². The fraction of sp³-hybridized carbons (Fsp3) is 0.638. The quantitative estimate of drug-likeness (QED) is 0.0261. The van der Waals surface area contributed by atoms with Gasteiger partial charge in [0.05, 0.1) is 0 Å². The van der Waals surface area contributed by atoms with Crippen LogP contribution in [0.1, 0.15) is 265 Å². The Labute approximate surface area is 462 Å². The van der Waals surface area contributed by atoms with Crippen molar-refractivity contribution in [3.63, 3.8) is 0 Å². The second kappa shape index (κ2) is 62.1. The molecule has 0 aromatic heterocycles. The summed E-state index contributed by atoms with van der Waals surface area (Å²) in [7, 11) is 0. The lowest BCUT2D eigenvalue weighted by Gasteiger charge is -2.18. The van der Waals surface area contributed by atoms with E-state index in [1.807, 2.05) is 0 Å². The van der Waals surface area contributed by atoms with Crippen LogP contribution in [0.5, 0.6) is 0 Å². The van der Waals surface area contributed by atoms with Crippen LogP contribution in [0.25, 0.3) is 0 Å². The molecule has 0 saturated heterocycles. The summed E-state index contributed by atoms with van der Waals surface area (Å²) in [5.74, 6) is -0.988. The van der Waals surface area contributed by atoms with Crippen LogP contribution in [0, 0.1) is 0 Å². The highest BCUT2D eigenvalue weighted by atomic mass is 16.6. The summed E-state index contributed by atoms with van der Waals surface area (Å²) in [5.41, 5.74) is 0. The van der Waals surface area contributed by atoms with Crippen LogP contribution >= 0.6 is 0 Å². The molecule has 0 rings (SSSR count). The number of allylic oxidation sites excluding steroid dienone is 22. The molecule has 6 heteroatoms. The van der Waals surface area contributed by atoms with Crippen molar-refractivity contribution in [2.45, 2.75) is 271 Å². The van der Waals surface area contributed by atoms with Gasteiger partial charge < -0.3 is 14.2 Å². The van der Waals surface area contributed by atoms with Crippen LogP contribution in [-0.2, 0) is 28.6 Å². The van der Waals surface area contributed by atoms with Crippen molar-refractivity contribution in [1.82, 2.24) is 0 Å². The van der Waals surface area contributed by atoms with E-state index in [0.717, 1.165) is 128 Å². The van der Waals surface area contributed by atoms with Gasteiger partial charge >= 0.3 is 17.9 Å². The van der Waals surface area contributed by atoms with Gasteiger partial charge in [-0.25, -0.2) is 0 Å². The predicted molar refractivity (Wildman–Crippen MR) is 325 cm³/mol. The zero-order chi connectivity index (χ0) is 54.3. The van der Waals surface area contributed by atoms with Gasteiger partial charge in [0.2, 0.25) is 0 Å². The first-order valence-electron chi connectivity index (χ1n) is 30.7. The van der Waals surface area contributed by atoms with E-state index in [2.05, 4.69) is 154 Å². The number of unbranched alkanes of at least 4 members (excludes halogenated alkanes) is 21. The molecule has 1 unspecified atom stereocenters. The van der Waals surface area contributed by atoms with Crippen LogP contribution in [0.4, 0.5) is 0 Å². The molecule has 0 bridgehead atoms. The van der Waals surface area contributed by atoms with Crippen LogP contribution in [0.2, 0.25) is 0 Å². The monoisotopic (exact) mass is 1040 g/mol. The molecule has 0 aliphatic heterocycles. The van der Waals surface area contributed by atoms with E-state index in [0.29, 0.717) is 19.3 Å². The summed E-state index contributed by atoms with van der Waals surface area (Å²) >= 11 is 0. The minimum absolute atomic E-state index is 0.107. The van der Waals surface area contributed by atoms with Gasteiger partial charge in [0.1, 0.15) is 13.2 Å². The second-order valence-electron chi connectivity index (χ2n) is 19.9. The Morgan fingerprint density at radius 3 is 0.907 bits per heavy atom. The lowest BCUT2D eigenvalue weighted by Crippen LogP contribution is -2.30. The normalized spacial score (nSPS) is 13.1. The van der Waals surface area contributed by atoms with E-state index in [1.54, 1.807) is 0 Å². The standard InChI is InChI=1S/C69H112O6/c1-4-7-10-13-16-19-22-25-27-29-30-31-32-33-34-35-36-37-38-39-40-41-43-44-47-50-53-56-59-62-68(71)74-65-66(64-73-67(70)61-58-55-52-49-46-24-21-18-15-12-9-6-3)75-69(72)63-60-57-54-51-48-45-42-28-26-23-20-17-14-11-8-5-2/h7,10,16,18-19,21,25,27-28,30-31,33-34,36-37,39-40,42-44,50,53,66H,4-6,8-9,11-15,17,20,22-24,26,29,32,35,38,41,45-49,51-52,54-65H2,1-3H3/b10-7-,19-16-,21-18-,27-25-,31-30-,34-33-,37-36-,40-39-,42-28-,44-43-,53-50-. The second-order valence-corrected chi connectivity index (χ2v) is 19.9. The van der Waals surface area contributed by atoms with Crippen molar-refractivity contribution in [3.05, 3.63) is 134 Å². The Bertz CT molecular complexity index is 1620. The Morgan fingerprint density at radius 1 is 0.280 bits per heavy atom. The lowest BCUT2D eigenvalue weighted by atomic mass is 10.1. The van der Waals surface area contributed by atoms with E-state index in [9.17, 15) is 14.4 Å². The number of carbonyl (C=O) groups is 3. The summed E-state index contributed by atoms with van der Waals surface area (Å²) in [5, 5.41) is 0. The van der Waals surface area contributed by atoms with Crippen molar-refractivity contribution in [2.75, 3.05) is 13.2 Å². The first-order valence-corrected chi connectivity index (χ1v) is 30.7. The summed E-state index contributed by atoms with van der Waals surface area (Å²) in [6, 6.07) is 0. The number of hydrogen-bond acceptors (Lipinski definition) is 6. The lowest BCUT2D eigenvalue weighted by molar-refractivity contribution is -0.167. The molecule has 0 fully saturated rings. The van der Waals surface area contributed by atoms with Crippen molar-refractivity contribution in [1.29, 1.82) is 0 Å². The van der Waals surface area contributed by atoms with Gasteiger partial charge in [-0.3, -0.25) is 14.4 Å². The Kier molecular flexibility index (Phi) is 58.4. The van der Waals surface area contributed by atoms with Crippen molar-refractivity contribution < 1.29 is 28.6 Å². The molecule has 0 radical (unpaired) electrons. The number of ether oxygens (including phenoxy) is 3. The maximum Gasteiger partial charge on any atom is 0.306 e. The van der Waals surface area contributed by atoms with Gasteiger partial charge in [-0.2, -0.15) is 0 Å². The minimum atomic E-state index is -0.813. The van der Waals surface area contributed by atoms with E-state index in [1.165, 1.54) is 89.9 Å². The molecule has 1 atom stereocenters. The number of rotatable bonds is 54. The third-order valence-corrected chi connectivity index (χ3v) is 12.6. The molecule has 0 spiro atoms. The molecule has 424 valence electrons. The topological polar surface area (TPSA) is 78.9 Å². The maximum absolute atomic E-state index is 12.9. The Hall–Kier alpha value is -4.45. The average molecular weight is 1040 g/mol. The number of esters is 3. The summed E-state index contributed by atoms with van der Waals surface area (Å²) in [4.78, 5) is 38.2. The number of carbonyl (C=O) groups excluding carboxylic acids is 3. The molecule has 0 aromatic carbocycles. The molecular weight excluding hydrogens is 925 g/mol. The highest BCUT2D eigenvalue weighted by molar-refractivity contribution is 5.71. The number of hydrogen-bond donors (Lipinski definition) is 0.